The van der Waals surface area contributed by atoms with Gasteiger partial charge in [-0.2, -0.15) is 5.26 Å². The van der Waals surface area contributed by atoms with Gasteiger partial charge >= 0.3 is 0 Å². The number of nitrogens with one attached hydrogen (secondary N) is 1. The molecule has 140 valence electrons. The molecule has 6 nitrogen and oxygen atoms in total. The van der Waals surface area contributed by atoms with Gasteiger partial charge < -0.3 is 10.2 Å². The van der Waals surface area contributed by atoms with Crippen molar-refractivity contribution in [3.8, 4) is 6.07 Å². The Labute approximate surface area is 160 Å². The third kappa shape index (κ3) is 4.44. The Balaban J connectivity index is 1.59. The van der Waals surface area contributed by atoms with Gasteiger partial charge in [0.25, 0.3) is 0 Å². The van der Waals surface area contributed by atoms with Gasteiger partial charge in [-0.25, -0.2) is 4.98 Å². The predicted molar refractivity (Wildman–Crippen MR) is 107 cm³/mol. The van der Waals surface area contributed by atoms with E-state index in [1.54, 1.807) is 12.3 Å². The molecule has 0 saturated carbocycles. The lowest BCUT2D eigenvalue weighted by atomic mass is 10.1. The van der Waals surface area contributed by atoms with Crippen molar-refractivity contribution in [1.29, 1.82) is 5.26 Å². The Morgan fingerprint density at radius 3 is 2.63 bits per heavy atom. The largest absolute Gasteiger partial charge is 0.354 e. The molecule has 3 rings (SSSR count). The summed E-state index contributed by atoms with van der Waals surface area (Å²) >= 11 is 0. The highest BCUT2D eigenvalue weighted by Crippen LogP contribution is 2.19. The number of aryl methyl sites for hydroxylation is 2. The Hall–Kier alpha value is -2.91. The van der Waals surface area contributed by atoms with Crippen LogP contribution in [0.2, 0.25) is 0 Å². The molecular weight excluding hydrogens is 338 g/mol. The summed E-state index contributed by atoms with van der Waals surface area (Å²) in [7, 11) is 0. The Morgan fingerprint density at radius 2 is 1.93 bits per heavy atom. The Kier molecular flexibility index (Phi) is 5.72. The number of amides is 1. The fourth-order valence-electron chi connectivity index (χ4n) is 3.27. The van der Waals surface area contributed by atoms with Gasteiger partial charge in [0.1, 0.15) is 5.82 Å². The van der Waals surface area contributed by atoms with Crippen molar-refractivity contribution in [2.24, 2.45) is 0 Å². The lowest BCUT2D eigenvalue weighted by Gasteiger charge is -2.38. The quantitative estimate of drug-likeness (QED) is 0.904. The second-order valence-corrected chi connectivity index (χ2v) is 7.02. The second kappa shape index (κ2) is 8.19. The molecule has 0 bridgehead atoms. The number of benzene rings is 1. The van der Waals surface area contributed by atoms with Crippen LogP contribution in [0.25, 0.3) is 0 Å². The number of aromatic nitrogens is 1. The highest BCUT2D eigenvalue weighted by molar-refractivity contribution is 5.95. The zero-order valence-electron chi connectivity index (χ0n) is 16.1. The molecule has 0 radical (unpaired) electrons. The summed E-state index contributed by atoms with van der Waals surface area (Å²) < 4.78 is 0. The van der Waals surface area contributed by atoms with Crippen molar-refractivity contribution in [2.75, 3.05) is 36.4 Å². The number of nitrogens with zero attached hydrogens (tertiary/aromatic N) is 4. The van der Waals surface area contributed by atoms with Crippen molar-refractivity contribution < 1.29 is 4.79 Å². The number of hydrogen-bond acceptors (Lipinski definition) is 5. The summed E-state index contributed by atoms with van der Waals surface area (Å²) in [6.45, 7) is 9.09. The van der Waals surface area contributed by atoms with E-state index >= 15 is 0 Å². The Morgan fingerprint density at radius 1 is 1.19 bits per heavy atom. The smallest absolute Gasteiger partial charge is 0.241 e. The zero-order valence-corrected chi connectivity index (χ0v) is 16.1. The standard InChI is InChI=1S/C21H25N5O/c1-15-4-5-16(2)19(12-15)24-21(27)17(3)25-8-10-26(11-9-25)20-13-18(14-22)6-7-23-20/h4-7,12-13,17H,8-11H2,1-3H3,(H,24,27)/t17-/m1/s1. The van der Waals surface area contributed by atoms with Crippen molar-refractivity contribution in [1.82, 2.24) is 9.88 Å². The average Bonchev–Trinajstić information content (AvgIpc) is 2.70. The van der Waals surface area contributed by atoms with Gasteiger partial charge in [0.15, 0.2) is 0 Å². The van der Waals surface area contributed by atoms with Crippen LogP contribution in [-0.4, -0.2) is 48.0 Å². The molecule has 27 heavy (non-hydrogen) atoms. The number of nitriles is 1. The monoisotopic (exact) mass is 363 g/mol. The van der Waals surface area contributed by atoms with Gasteiger partial charge in [-0.15, -0.1) is 0 Å². The highest BCUT2D eigenvalue weighted by Gasteiger charge is 2.26. The molecule has 1 atom stereocenters. The van der Waals surface area contributed by atoms with Crippen molar-refractivity contribution in [3.05, 3.63) is 53.2 Å². The zero-order chi connectivity index (χ0) is 19.4. The van der Waals surface area contributed by atoms with Gasteiger partial charge in [-0.3, -0.25) is 9.69 Å². The number of carbonyl (C=O) groups is 1. The summed E-state index contributed by atoms with van der Waals surface area (Å²) in [5, 5.41) is 12.1. The SMILES string of the molecule is Cc1ccc(C)c(NC(=O)[C@@H](C)N2CCN(c3cc(C#N)ccn3)CC2)c1. The van der Waals surface area contributed by atoms with Crippen LogP contribution in [0.1, 0.15) is 23.6 Å². The number of rotatable bonds is 4. The first-order chi connectivity index (χ1) is 13.0. The first-order valence-electron chi connectivity index (χ1n) is 9.21. The molecule has 0 aliphatic carbocycles. The maximum absolute atomic E-state index is 12.7. The number of anilines is 2. The van der Waals surface area contributed by atoms with E-state index in [4.69, 9.17) is 5.26 Å². The number of pyridine rings is 1. The fraction of sp³-hybridized carbons (Fsp3) is 0.381. The van der Waals surface area contributed by atoms with Crippen LogP contribution in [0, 0.1) is 25.2 Å². The minimum Gasteiger partial charge on any atom is -0.354 e. The maximum Gasteiger partial charge on any atom is 0.241 e. The van der Waals surface area contributed by atoms with Gasteiger partial charge in [-0.1, -0.05) is 12.1 Å². The van der Waals surface area contributed by atoms with E-state index < -0.39 is 0 Å². The van der Waals surface area contributed by atoms with E-state index in [0.717, 1.165) is 48.8 Å². The molecule has 1 aromatic heterocycles. The lowest BCUT2D eigenvalue weighted by Crippen LogP contribution is -2.53. The molecule has 1 amide bonds. The average molecular weight is 363 g/mol. The molecule has 1 aromatic carbocycles. The normalized spacial score (nSPS) is 15.9. The molecule has 1 aliphatic heterocycles. The van der Waals surface area contributed by atoms with E-state index in [9.17, 15) is 4.79 Å². The van der Waals surface area contributed by atoms with Crippen LogP contribution < -0.4 is 10.2 Å². The third-order valence-electron chi connectivity index (χ3n) is 5.09. The van der Waals surface area contributed by atoms with E-state index in [2.05, 4.69) is 26.2 Å². The van der Waals surface area contributed by atoms with Crippen molar-refractivity contribution in [3.63, 3.8) is 0 Å². The van der Waals surface area contributed by atoms with Crippen LogP contribution in [0.5, 0.6) is 0 Å². The topological polar surface area (TPSA) is 72.3 Å². The molecular formula is C21H25N5O. The Bertz CT molecular complexity index is 865. The summed E-state index contributed by atoms with van der Waals surface area (Å²) in [6.07, 6.45) is 1.67. The minimum absolute atomic E-state index is 0.0155. The second-order valence-electron chi connectivity index (χ2n) is 7.02. The first-order valence-corrected chi connectivity index (χ1v) is 9.21. The fourth-order valence-corrected chi connectivity index (χ4v) is 3.27. The van der Waals surface area contributed by atoms with Crippen LogP contribution >= 0.6 is 0 Å². The highest BCUT2D eigenvalue weighted by atomic mass is 16.2. The molecule has 1 saturated heterocycles. The molecule has 1 aliphatic rings. The first kappa shape index (κ1) is 18.9. The van der Waals surface area contributed by atoms with E-state index in [1.807, 2.05) is 45.0 Å². The molecule has 2 heterocycles. The van der Waals surface area contributed by atoms with E-state index in [1.165, 1.54) is 0 Å². The van der Waals surface area contributed by atoms with Crippen molar-refractivity contribution >= 4 is 17.4 Å². The summed E-state index contributed by atoms with van der Waals surface area (Å²) in [5.74, 6) is 0.836. The third-order valence-corrected chi connectivity index (χ3v) is 5.09. The van der Waals surface area contributed by atoms with Crippen LogP contribution in [0.3, 0.4) is 0 Å². The van der Waals surface area contributed by atoms with Gasteiger partial charge in [0.2, 0.25) is 5.91 Å². The summed E-state index contributed by atoms with van der Waals surface area (Å²) in [5.41, 5.74) is 3.69. The van der Waals surface area contributed by atoms with Gasteiger partial charge in [-0.05, 0) is 50.1 Å². The molecule has 0 spiro atoms. The minimum atomic E-state index is -0.203. The molecule has 0 unspecified atom stereocenters. The van der Waals surface area contributed by atoms with E-state index in [0.29, 0.717) is 5.56 Å². The number of piperazine rings is 1. The summed E-state index contributed by atoms with van der Waals surface area (Å²) in [6, 6.07) is 11.5. The van der Waals surface area contributed by atoms with Gasteiger partial charge in [0.05, 0.1) is 17.7 Å². The van der Waals surface area contributed by atoms with Crippen LogP contribution in [-0.2, 0) is 4.79 Å². The van der Waals surface area contributed by atoms with E-state index in [-0.39, 0.29) is 11.9 Å². The molecule has 1 fully saturated rings. The molecule has 6 heteroatoms. The van der Waals surface area contributed by atoms with Gasteiger partial charge in [0, 0.05) is 38.1 Å². The maximum atomic E-state index is 12.7. The predicted octanol–water partition coefficient (Wildman–Crippen LogP) is 2.72. The lowest BCUT2D eigenvalue weighted by molar-refractivity contribution is -0.120. The molecule has 2 aromatic rings. The van der Waals surface area contributed by atoms with Crippen molar-refractivity contribution in [2.45, 2.75) is 26.8 Å². The molecule has 1 N–H and O–H groups in total. The number of hydrogen-bond donors (Lipinski definition) is 1. The van der Waals surface area contributed by atoms with Crippen LogP contribution in [0.4, 0.5) is 11.5 Å². The summed E-state index contributed by atoms with van der Waals surface area (Å²) in [4.78, 5) is 21.4. The van der Waals surface area contributed by atoms with Crippen LogP contribution in [0.15, 0.2) is 36.5 Å². The number of carbonyl (C=O) groups excluding carboxylic acids is 1.